The monoisotopic (exact) mass is 367 g/mol. The number of anilines is 1. The van der Waals surface area contributed by atoms with Crippen LogP contribution in [0.25, 0.3) is 0 Å². The van der Waals surface area contributed by atoms with E-state index in [9.17, 15) is 4.79 Å². The van der Waals surface area contributed by atoms with Crippen molar-refractivity contribution in [1.82, 2.24) is 9.88 Å². The van der Waals surface area contributed by atoms with Crippen molar-refractivity contribution in [3.63, 3.8) is 0 Å². The molecule has 1 amide bonds. The van der Waals surface area contributed by atoms with Gasteiger partial charge in [0.15, 0.2) is 0 Å². The smallest absolute Gasteiger partial charge is 0.255 e. The van der Waals surface area contributed by atoms with Gasteiger partial charge in [-0.1, -0.05) is 30.3 Å². The highest BCUT2D eigenvalue weighted by Crippen LogP contribution is 2.23. The van der Waals surface area contributed by atoms with Crippen molar-refractivity contribution in [2.45, 2.75) is 38.6 Å². The molecule has 0 saturated carbocycles. The molecule has 1 aromatic carbocycles. The number of carbonyl (C=O) groups excluding carboxylic acids is 1. The van der Waals surface area contributed by atoms with E-state index in [1.807, 2.05) is 17.9 Å². The zero-order valence-corrected chi connectivity index (χ0v) is 16.0. The fraction of sp³-hybridized carbons (Fsp3) is 0.455. The Kier molecular flexibility index (Phi) is 6.82. The molecular formula is C22H29N3O2. The van der Waals surface area contributed by atoms with Crippen LogP contribution in [0.4, 0.5) is 5.82 Å². The zero-order chi connectivity index (χ0) is 19.1. The topological polar surface area (TPSA) is 65.5 Å². The second kappa shape index (κ2) is 9.51. The lowest BCUT2D eigenvalue weighted by Crippen LogP contribution is -2.38. The lowest BCUT2D eigenvalue weighted by molar-refractivity contribution is 0.0686. The molecular weight excluding hydrogens is 338 g/mol. The summed E-state index contributed by atoms with van der Waals surface area (Å²) in [4.78, 5) is 18.9. The fourth-order valence-corrected chi connectivity index (χ4v) is 3.53. The van der Waals surface area contributed by atoms with Crippen molar-refractivity contribution in [2.24, 2.45) is 5.92 Å². The van der Waals surface area contributed by atoms with Crippen LogP contribution in [0.2, 0.25) is 0 Å². The number of aromatic nitrogens is 1. The van der Waals surface area contributed by atoms with Crippen molar-refractivity contribution in [3.8, 4) is 0 Å². The first-order valence-electron chi connectivity index (χ1n) is 9.82. The standard InChI is InChI=1S/C22H29N3O2/c1-17(16-26)24-21-10-9-20(15-23-21)22(27)25-13-11-19(12-14-25)8-7-18-5-3-2-4-6-18/h2-6,9-10,15,17,19,26H,7-8,11-14,16H2,1H3,(H,23,24). The molecule has 5 heteroatoms. The van der Waals surface area contributed by atoms with E-state index in [0.717, 1.165) is 32.4 Å². The quantitative estimate of drug-likeness (QED) is 0.788. The highest BCUT2D eigenvalue weighted by atomic mass is 16.3. The number of aliphatic hydroxyl groups excluding tert-OH is 1. The van der Waals surface area contributed by atoms with Gasteiger partial charge in [-0.2, -0.15) is 0 Å². The van der Waals surface area contributed by atoms with Crippen molar-refractivity contribution >= 4 is 11.7 Å². The van der Waals surface area contributed by atoms with Gasteiger partial charge < -0.3 is 15.3 Å². The van der Waals surface area contributed by atoms with Gasteiger partial charge in [-0.15, -0.1) is 0 Å². The molecule has 1 saturated heterocycles. The number of hydrogen-bond donors (Lipinski definition) is 2. The number of benzene rings is 1. The number of aliphatic hydroxyl groups is 1. The van der Waals surface area contributed by atoms with Crippen LogP contribution in [-0.2, 0) is 6.42 Å². The number of hydrogen-bond acceptors (Lipinski definition) is 4. The average molecular weight is 367 g/mol. The van der Waals surface area contributed by atoms with E-state index >= 15 is 0 Å². The summed E-state index contributed by atoms with van der Waals surface area (Å²) in [5.74, 6) is 1.43. The lowest BCUT2D eigenvalue weighted by atomic mass is 9.90. The molecule has 1 atom stereocenters. The molecule has 0 bridgehead atoms. The van der Waals surface area contributed by atoms with E-state index in [1.165, 1.54) is 12.0 Å². The molecule has 3 rings (SSSR count). The van der Waals surface area contributed by atoms with Crippen LogP contribution < -0.4 is 5.32 Å². The third-order valence-electron chi connectivity index (χ3n) is 5.26. The molecule has 2 N–H and O–H groups in total. The summed E-state index contributed by atoms with van der Waals surface area (Å²) < 4.78 is 0. The number of nitrogens with zero attached hydrogens (tertiary/aromatic N) is 2. The fourth-order valence-electron chi connectivity index (χ4n) is 3.53. The maximum absolute atomic E-state index is 12.7. The van der Waals surface area contributed by atoms with Crippen molar-refractivity contribution in [2.75, 3.05) is 25.0 Å². The maximum atomic E-state index is 12.7. The third kappa shape index (κ3) is 5.54. The SMILES string of the molecule is CC(CO)Nc1ccc(C(=O)N2CCC(CCc3ccccc3)CC2)cn1. The van der Waals surface area contributed by atoms with E-state index in [0.29, 0.717) is 17.3 Å². The Morgan fingerprint density at radius 2 is 1.96 bits per heavy atom. The summed E-state index contributed by atoms with van der Waals surface area (Å²) in [6, 6.07) is 14.2. The van der Waals surface area contributed by atoms with Gasteiger partial charge in [0.2, 0.25) is 0 Å². The number of likely N-dealkylation sites (tertiary alicyclic amines) is 1. The molecule has 5 nitrogen and oxygen atoms in total. The van der Waals surface area contributed by atoms with Crippen LogP contribution in [0.1, 0.15) is 42.1 Å². The second-order valence-electron chi connectivity index (χ2n) is 7.42. The first kappa shape index (κ1) is 19.4. The van der Waals surface area contributed by atoms with Gasteiger partial charge in [0, 0.05) is 25.3 Å². The largest absolute Gasteiger partial charge is 0.394 e. The summed E-state index contributed by atoms with van der Waals surface area (Å²) in [6.45, 7) is 3.56. The van der Waals surface area contributed by atoms with Crippen molar-refractivity contribution in [1.29, 1.82) is 0 Å². The van der Waals surface area contributed by atoms with Crippen molar-refractivity contribution < 1.29 is 9.90 Å². The van der Waals surface area contributed by atoms with E-state index in [1.54, 1.807) is 12.3 Å². The highest BCUT2D eigenvalue weighted by Gasteiger charge is 2.23. The lowest BCUT2D eigenvalue weighted by Gasteiger charge is -2.32. The molecule has 144 valence electrons. The zero-order valence-electron chi connectivity index (χ0n) is 16.0. The molecule has 1 unspecified atom stereocenters. The van der Waals surface area contributed by atoms with E-state index < -0.39 is 0 Å². The van der Waals surface area contributed by atoms with Gasteiger partial charge in [0.05, 0.1) is 12.2 Å². The van der Waals surface area contributed by atoms with Gasteiger partial charge >= 0.3 is 0 Å². The van der Waals surface area contributed by atoms with Crippen LogP contribution in [0.15, 0.2) is 48.7 Å². The van der Waals surface area contributed by atoms with Crippen molar-refractivity contribution in [3.05, 3.63) is 59.8 Å². The van der Waals surface area contributed by atoms with Gasteiger partial charge in [-0.05, 0) is 56.2 Å². The van der Waals surface area contributed by atoms with Crippen LogP contribution in [0.3, 0.4) is 0 Å². The Hall–Kier alpha value is -2.40. The number of rotatable bonds is 7. The van der Waals surface area contributed by atoms with Gasteiger partial charge in [-0.25, -0.2) is 4.98 Å². The van der Waals surface area contributed by atoms with Gasteiger partial charge in [0.1, 0.15) is 5.82 Å². The molecule has 1 aliphatic heterocycles. The predicted octanol–water partition coefficient (Wildman–Crippen LogP) is 3.36. The summed E-state index contributed by atoms with van der Waals surface area (Å²) in [6.07, 6.45) is 6.07. The first-order valence-corrected chi connectivity index (χ1v) is 9.82. The number of nitrogens with one attached hydrogen (secondary N) is 1. The Bertz CT molecular complexity index is 710. The average Bonchev–Trinajstić information content (AvgIpc) is 2.73. The number of piperidine rings is 1. The Morgan fingerprint density at radius 3 is 2.59 bits per heavy atom. The molecule has 27 heavy (non-hydrogen) atoms. The normalized spacial score (nSPS) is 16.1. The molecule has 1 fully saturated rings. The minimum atomic E-state index is -0.0611. The van der Waals surface area contributed by atoms with Crippen LogP contribution in [0.5, 0.6) is 0 Å². The molecule has 2 heterocycles. The minimum Gasteiger partial charge on any atom is -0.394 e. The maximum Gasteiger partial charge on any atom is 0.255 e. The molecule has 2 aromatic rings. The molecule has 1 aromatic heterocycles. The highest BCUT2D eigenvalue weighted by molar-refractivity contribution is 5.94. The first-order chi connectivity index (χ1) is 13.2. The Labute approximate surface area is 161 Å². The number of carbonyl (C=O) groups is 1. The van der Waals surface area contributed by atoms with Crippen LogP contribution >= 0.6 is 0 Å². The van der Waals surface area contributed by atoms with E-state index in [-0.39, 0.29) is 18.6 Å². The molecule has 0 aliphatic carbocycles. The summed E-state index contributed by atoms with van der Waals surface area (Å²) in [5.41, 5.74) is 2.02. The van der Waals surface area contributed by atoms with Gasteiger partial charge in [-0.3, -0.25) is 4.79 Å². The summed E-state index contributed by atoms with van der Waals surface area (Å²) in [7, 11) is 0. The van der Waals surface area contributed by atoms with Crippen LogP contribution in [-0.4, -0.2) is 46.6 Å². The van der Waals surface area contributed by atoms with E-state index in [2.05, 4.69) is 40.6 Å². The Morgan fingerprint density at radius 1 is 1.22 bits per heavy atom. The summed E-state index contributed by atoms with van der Waals surface area (Å²) >= 11 is 0. The number of pyridine rings is 1. The molecule has 0 spiro atoms. The molecule has 1 aliphatic rings. The number of aryl methyl sites for hydroxylation is 1. The molecule has 0 radical (unpaired) electrons. The van der Waals surface area contributed by atoms with Gasteiger partial charge in [0.25, 0.3) is 5.91 Å². The minimum absolute atomic E-state index is 0.0432. The van der Waals surface area contributed by atoms with Crippen LogP contribution in [0, 0.1) is 5.92 Å². The predicted molar refractivity (Wildman–Crippen MR) is 108 cm³/mol. The van der Waals surface area contributed by atoms with E-state index in [4.69, 9.17) is 5.11 Å². The summed E-state index contributed by atoms with van der Waals surface area (Å²) in [5, 5.41) is 12.2. The Balaban J connectivity index is 1.46. The number of amides is 1. The second-order valence-corrected chi connectivity index (χ2v) is 7.42. The third-order valence-corrected chi connectivity index (χ3v) is 5.26.